The van der Waals surface area contributed by atoms with Gasteiger partial charge in [-0.15, -0.1) is 0 Å². The predicted octanol–water partition coefficient (Wildman–Crippen LogP) is 2.93. The van der Waals surface area contributed by atoms with Crippen LogP contribution in [0.1, 0.15) is 42.3 Å². The number of rotatable bonds is 6. The first kappa shape index (κ1) is 17.2. The highest BCUT2D eigenvalue weighted by molar-refractivity contribution is 5.76. The third-order valence-corrected chi connectivity index (χ3v) is 4.14. The van der Waals surface area contributed by atoms with Crippen LogP contribution in [0.15, 0.2) is 30.3 Å². The van der Waals surface area contributed by atoms with Crippen LogP contribution in [0.2, 0.25) is 0 Å². The highest BCUT2D eigenvalue weighted by Gasteiger charge is 2.22. The molecule has 0 aliphatic carbocycles. The fourth-order valence-electron chi connectivity index (χ4n) is 3.01. The number of carbonyl (C=O) groups excluding carboxylic acids is 1. The van der Waals surface area contributed by atoms with Crippen molar-refractivity contribution in [2.24, 2.45) is 0 Å². The molecule has 3 rings (SSSR count). The second kappa shape index (κ2) is 7.96. The largest absolute Gasteiger partial charge is 0.493 e. The van der Waals surface area contributed by atoms with Gasteiger partial charge in [0, 0.05) is 36.3 Å². The second-order valence-electron chi connectivity index (χ2n) is 6.30. The van der Waals surface area contributed by atoms with E-state index in [2.05, 4.69) is 20.6 Å². The zero-order valence-corrected chi connectivity index (χ0v) is 14.7. The van der Waals surface area contributed by atoms with Gasteiger partial charge in [0.25, 0.3) is 0 Å². The maximum atomic E-state index is 12.2. The lowest BCUT2D eigenvalue weighted by Gasteiger charge is -2.26. The minimum atomic E-state index is 0.0353. The number of fused-ring (bicyclic) bond motifs is 1. The number of nitrogens with one attached hydrogen (secondary N) is 2. The minimum Gasteiger partial charge on any atom is -0.493 e. The molecular formula is C19H24N4O2. The molecule has 0 bridgehead atoms. The minimum absolute atomic E-state index is 0.0353. The van der Waals surface area contributed by atoms with Crippen LogP contribution in [0.25, 0.3) is 0 Å². The summed E-state index contributed by atoms with van der Waals surface area (Å²) in [6.07, 6.45) is 2.00. The van der Waals surface area contributed by atoms with Crippen molar-refractivity contribution in [2.75, 3.05) is 18.5 Å². The van der Waals surface area contributed by atoms with E-state index >= 15 is 0 Å². The van der Waals surface area contributed by atoms with Crippen molar-refractivity contribution in [3.8, 4) is 5.75 Å². The molecule has 2 N–H and O–H groups in total. The van der Waals surface area contributed by atoms with Crippen LogP contribution in [0, 0.1) is 13.8 Å². The number of nitrogens with zero attached hydrogens (tertiary/aromatic N) is 2. The molecule has 1 aromatic carbocycles. The average Bonchev–Trinajstić information content (AvgIpc) is 2.58. The number of aryl methyl sites for hydroxylation is 2. The van der Waals surface area contributed by atoms with E-state index in [1.54, 1.807) is 0 Å². The third kappa shape index (κ3) is 4.68. The van der Waals surface area contributed by atoms with Gasteiger partial charge in [0.15, 0.2) is 0 Å². The van der Waals surface area contributed by atoms with E-state index in [1.807, 2.05) is 44.2 Å². The van der Waals surface area contributed by atoms with Crippen LogP contribution < -0.4 is 15.4 Å². The van der Waals surface area contributed by atoms with Crippen molar-refractivity contribution in [1.82, 2.24) is 15.3 Å². The summed E-state index contributed by atoms with van der Waals surface area (Å²) in [5.41, 5.74) is 2.93. The van der Waals surface area contributed by atoms with E-state index < -0.39 is 0 Å². The summed E-state index contributed by atoms with van der Waals surface area (Å²) >= 11 is 0. The Morgan fingerprint density at radius 1 is 1.24 bits per heavy atom. The normalized spacial score (nSPS) is 15.8. The highest BCUT2D eigenvalue weighted by Crippen LogP contribution is 2.31. The van der Waals surface area contributed by atoms with Crippen LogP contribution in [0.3, 0.4) is 0 Å². The molecule has 2 aromatic rings. The fraction of sp³-hybridized carbons (Fsp3) is 0.421. The van der Waals surface area contributed by atoms with Crippen molar-refractivity contribution in [3.05, 3.63) is 47.3 Å². The van der Waals surface area contributed by atoms with Crippen LogP contribution >= 0.6 is 0 Å². The van der Waals surface area contributed by atoms with Crippen molar-refractivity contribution >= 4 is 11.9 Å². The third-order valence-electron chi connectivity index (χ3n) is 4.14. The first-order chi connectivity index (χ1) is 12.1. The molecule has 1 unspecified atom stereocenters. The predicted molar refractivity (Wildman–Crippen MR) is 96.7 cm³/mol. The Morgan fingerprint density at radius 2 is 2.00 bits per heavy atom. The van der Waals surface area contributed by atoms with Crippen LogP contribution in [0.5, 0.6) is 5.75 Å². The standard InChI is InChI=1S/C19H24N4O2/c1-13-12-14(2)22-19(21-13)20-10-5-8-18(24)23-16-9-11-25-17-7-4-3-6-15(16)17/h3-4,6-7,12,16H,5,8-11H2,1-2H3,(H,23,24)(H,20,21,22). The van der Waals surface area contributed by atoms with Gasteiger partial charge in [0.05, 0.1) is 12.6 Å². The molecule has 132 valence electrons. The molecule has 0 radical (unpaired) electrons. The molecule has 0 spiro atoms. The van der Waals surface area contributed by atoms with Crippen LogP contribution in [-0.4, -0.2) is 29.0 Å². The lowest BCUT2D eigenvalue weighted by atomic mass is 10.0. The molecule has 2 heterocycles. The Bertz CT molecular complexity index is 728. The first-order valence-corrected chi connectivity index (χ1v) is 8.69. The second-order valence-corrected chi connectivity index (χ2v) is 6.30. The van der Waals surface area contributed by atoms with Gasteiger partial charge in [-0.3, -0.25) is 4.79 Å². The van der Waals surface area contributed by atoms with Gasteiger partial charge < -0.3 is 15.4 Å². The number of anilines is 1. The van der Waals surface area contributed by atoms with Gasteiger partial charge in [0.1, 0.15) is 5.75 Å². The van der Waals surface area contributed by atoms with Crippen LogP contribution in [0.4, 0.5) is 5.95 Å². The summed E-state index contributed by atoms with van der Waals surface area (Å²) < 4.78 is 5.63. The van der Waals surface area contributed by atoms with Gasteiger partial charge in [-0.2, -0.15) is 0 Å². The molecule has 0 saturated heterocycles. The van der Waals surface area contributed by atoms with Crippen LogP contribution in [-0.2, 0) is 4.79 Å². The number of amides is 1. The van der Waals surface area contributed by atoms with E-state index in [0.29, 0.717) is 25.5 Å². The number of carbonyl (C=O) groups is 1. The Labute approximate surface area is 148 Å². The lowest BCUT2D eigenvalue weighted by Crippen LogP contribution is -2.32. The van der Waals surface area contributed by atoms with Gasteiger partial charge in [-0.05, 0) is 32.4 Å². The monoisotopic (exact) mass is 340 g/mol. The number of hydrogen-bond donors (Lipinski definition) is 2. The Hall–Kier alpha value is -2.63. The highest BCUT2D eigenvalue weighted by atomic mass is 16.5. The summed E-state index contributed by atoms with van der Waals surface area (Å²) in [5.74, 6) is 1.55. The summed E-state index contributed by atoms with van der Waals surface area (Å²) in [5, 5.41) is 6.29. The maximum absolute atomic E-state index is 12.2. The molecule has 6 nitrogen and oxygen atoms in total. The summed E-state index contributed by atoms with van der Waals surface area (Å²) in [4.78, 5) is 20.9. The number of ether oxygens (including phenoxy) is 1. The first-order valence-electron chi connectivity index (χ1n) is 8.69. The molecule has 1 aromatic heterocycles. The van der Waals surface area contributed by atoms with E-state index in [9.17, 15) is 4.79 Å². The number of aromatic nitrogens is 2. The summed E-state index contributed by atoms with van der Waals surface area (Å²) in [6, 6.07) is 9.85. The SMILES string of the molecule is Cc1cc(C)nc(NCCCC(=O)NC2CCOc3ccccc32)n1. The summed E-state index contributed by atoms with van der Waals surface area (Å²) in [7, 11) is 0. The summed E-state index contributed by atoms with van der Waals surface area (Å²) in [6.45, 7) is 5.19. The van der Waals surface area contributed by atoms with Crippen molar-refractivity contribution in [2.45, 2.75) is 39.2 Å². The van der Waals surface area contributed by atoms with Gasteiger partial charge in [-0.25, -0.2) is 9.97 Å². The molecule has 0 fully saturated rings. The van der Waals surface area contributed by atoms with Crippen molar-refractivity contribution in [1.29, 1.82) is 0 Å². The average molecular weight is 340 g/mol. The topological polar surface area (TPSA) is 76.1 Å². The lowest BCUT2D eigenvalue weighted by molar-refractivity contribution is -0.122. The van der Waals surface area contributed by atoms with E-state index in [-0.39, 0.29) is 11.9 Å². The fourth-order valence-corrected chi connectivity index (χ4v) is 3.01. The van der Waals surface area contributed by atoms with E-state index in [1.165, 1.54) is 0 Å². The molecular weight excluding hydrogens is 316 g/mol. The maximum Gasteiger partial charge on any atom is 0.223 e. The van der Waals surface area contributed by atoms with Gasteiger partial charge >= 0.3 is 0 Å². The molecule has 0 saturated carbocycles. The van der Waals surface area contributed by atoms with E-state index in [0.717, 1.165) is 35.5 Å². The Morgan fingerprint density at radius 3 is 2.80 bits per heavy atom. The molecule has 1 aliphatic rings. The zero-order chi connectivity index (χ0) is 17.6. The smallest absolute Gasteiger partial charge is 0.223 e. The van der Waals surface area contributed by atoms with Gasteiger partial charge in [-0.1, -0.05) is 18.2 Å². The van der Waals surface area contributed by atoms with E-state index in [4.69, 9.17) is 4.74 Å². The number of para-hydroxylation sites is 1. The molecule has 6 heteroatoms. The number of benzene rings is 1. The Balaban J connectivity index is 1.44. The molecule has 1 atom stereocenters. The zero-order valence-electron chi connectivity index (χ0n) is 14.7. The Kier molecular flexibility index (Phi) is 5.48. The van der Waals surface area contributed by atoms with Crippen molar-refractivity contribution in [3.63, 3.8) is 0 Å². The molecule has 1 aliphatic heterocycles. The number of hydrogen-bond acceptors (Lipinski definition) is 5. The van der Waals surface area contributed by atoms with Crippen molar-refractivity contribution < 1.29 is 9.53 Å². The van der Waals surface area contributed by atoms with Gasteiger partial charge in [0.2, 0.25) is 11.9 Å². The quantitative estimate of drug-likeness (QED) is 0.791. The molecule has 25 heavy (non-hydrogen) atoms. The molecule has 1 amide bonds.